The number of benzene rings is 1. The minimum Gasteiger partial charge on any atom is -0.478 e. The SMILES string of the molecule is C1CCNCC1.Cc1cccc2[nH]cc(C(=O)O)c12. The highest BCUT2D eigenvalue weighted by Crippen LogP contribution is 2.21. The molecule has 0 saturated carbocycles. The Bertz CT molecular complexity index is 545. The number of aryl methyl sites for hydroxylation is 1. The monoisotopic (exact) mass is 260 g/mol. The number of aromatic nitrogens is 1. The molecule has 1 aromatic carbocycles. The molecule has 0 atom stereocenters. The number of carbonyl (C=O) groups is 1. The number of carboxylic acids is 1. The zero-order valence-electron chi connectivity index (χ0n) is 11.2. The highest BCUT2D eigenvalue weighted by atomic mass is 16.4. The van der Waals surface area contributed by atoms with Crippen LogP contribution in [0.4, 0.5) is 0 Å². The normalized spacial score (nSPS) is 14.8. The topological polar surface area (TPSA) is 65.1 Å². The first-order valence-corrected chi connectivity index (χ1v) is 6.71. The molecule has 0 spiro atoms. The number of fused-ring (bicyclic) bond motifs is 1. The fraction of sp³-hybridized carbons (Fsp3) is 0.400. The van der Waals surface area contributed by atoms with Crippen molar-refractivity contribution in [2.75, 3.05) is 13.1 Å². The molecule has 0 bridgehead atoms. The molecule has 1 saturated heterocycles. The molecule has 3 rings (SSSR count). The first-order valence-electron chi connectivity index (χ1n) is 6.71. The number of hydrogen-bond acceptors (Lipinski definition) is 2. The third-order valence-corrected chi connectivity index (χ3v) is 3.35. The molecule has 1 aliphatic rings. The van der Waals surface area contributed by atoms with Crippen LogP contribution in [0.25, 0.3) is 10.9 Å². The smallest absolute Gasteiger partial charge is 0.337 e. The third-order valence-electron chi connectivity index (χ3n) is 3.35. The molecular weight excluding hydrogens is 240 g/mol. The second-order valence-electron chi connectivity index (χ2n) is 4.82. The number of aromatic carboxylic acids is 1. The fourth-order valence-corrected chi connectivity index (χ4v) is 2.34. The van der Waals surface area contributed by atoms with Crippen LogP contribution < -0.4 is 5.32 Å². The van der Waals surface area contributed by atoms with Gasteiger partial charge in [-0.05, 0) is 44.5 Å². The lowest BCUT2D eigenvalue weighted by Crippen LogP contribution is -2.21. The molecule has 1 aromatic heterocycles. The molecule has 0 aliphatic carbocycles. The van der Waals surface area contributed by atoms with Gasteiger partial charge in [-0.2, -0.15) is 0 Å². The highest BCUT2D eigenvalue weighted by Gasteiger charge is 2.11. The molecule has 0 amide bonds. The Morgan fingerprint density at radius 2 is 1.95 bits per heavy atom. The average Bonchev–Trinajstić information content (AvgIpc) is 2.87. The standard InChI is InChI=1S/C10H9NO2.C5H11N/c1-6-3-2-4-8-9(6)7(5-11-8)10(12)13;1-2-4-6-5-3-1/h2-5,11H,1H3,(H,12,13);6H,1-5H2. The van der Waals surface area contributed by atoms with Gasteiger partial charge in [0.2, 0.25) is 0 Å². The molecule has 4 nitrogen and oxygen atoms in total. The summed E-state index contributed by atoms with van der Waals surface area (Å²) in [5.41, 5.74) is 2.20. The second-order valence-corrected chi connectivity index (χ2v) is 4.82. The van der Waals surface area contributed by atoms with Gasteiger partial charge in [0, 0.05) is 17.1 Å². The Morgan fingerprint density at radius 1 is 1.21 bits per heavy atom. The third kappa shape index (κ3) is 3.35. The van der Waals surface area contributed by atoms with E-state index in [1.165, 1.54) is 38.5 Å². The lowest BCUT2D eigenvalue weighted by atomic mass is 10.1. The predicted octanol–water partition coefficient (Wildman–Crippen LogP) is 2.93. The number of H-pyrrole nitrogens is 1. The van der Waals surface area contributed by atoms with Crippen molar-refractivity contribution in [1.82, 2.24) is 10.3 Å². The van der Waals surface area contributed by atoms with Gasteiger partial charge in [0.15, 0.2) is 0 Å². The van der Waals surface area contributed by atoms with Crippen molar-refractivity contribution in [3.8, 4) is 0 Å². The van der Waals surface area contributed by atoms with Crippen molar-refractivity contribution in [2.45, 2.75) is 26.2 Å². The van der Waals surface area contributed by atoms with E-state index in [-0.39, 0.29) is 0 Å². The second kappa shape index (κ2) is 6.38. The Balaban J connectivity index is 0.000000186. The van der Waals surface area contributed by atoms with E-state index in [2.05, 4.69) is 10.3 Å². The van der Waals surface area contributed by atoms with Crippen molar-refractivity contribution in [1.29, 1.82) is 0 Å². The maximum atomic E-state index is 10.8. The number of piperidine rings is 1. The quantitative estimate of drug-likeness (QED) is 0.738. The Morgan fingerprint density at radius 3 is 2.47 bits per heavy atom. The molecule has 4 heteroatoms. The molecule has 19 heavy (non-hydrogen) atoms. The van der Waals surface area contributed by atoms with Crippen molar-refractivity contribution in [3.63, 3.8) is 0 Å². The van der Waals surface area contributed by atoms with Crippen LogP contribution in [0.2, 0.25) is 0 Å². The lowest BCUT2D eigenvalue weighted by molar-refractivity contribution is 0.0699. The zero-order chi connectivity index (χ0) is 13.7. The van der Waals surface area contributed by atoms with Crippen LogP contribution in [0.5, 0.6) is 0 Å². The van der Waals surface area contributed by atoms with Crippen LogP contribution in [-0.4, -0.2) is 29.1 Å². The maximum Gasteiger partial charge on any atom is 0.337 e. The minimum atomic E-state index is -0.888. The summed E-state index contributed by atoms with van der Waals surface area (Å²) >= 11 is 0. The Hall–Kier alpha value is -1.81. The number of carboxylic acid groups (broad SMARTS) is 1. The Labute approximate surface area is 112 Å². The van der Waals surface area contributed by atoms with Gasteiger partial charge >= 0.3 is 5.97 Å². The van der Waals surface area contributed by atoms with Gasteiger partial charge in [-0.3, -0.25) is 0 Å². The summed E-state index contributed by atoms with van der Waals surface area (Å²) in [6.07, 6.45) is 5.74. The first-order chi connectivity index (χ1) is 9.20. The van der Waals surface area contributed by atoms with E-state index >= 15 is 0 Å². The minimum absolute atomic E-state index is 0.341. The Kier molecular flexibility index (Phi) is 4.58. The molecule has 3 N–H and O–H groups in total. The summed E-state index contributed by atoms with van der Waals surface area (Å²) in [7, 11) is 0. The van der Waals surface area contributed by atoms with E-state index in [9.17, 15) is 4.79 Å². The summed E-state index contributed by atoms with van der Waals surface area (Å²) in [6.45, 7) is 4.41. The zero-order valence-corrected chi connectivity index (χ0v) is 11.2. The van der Waals surface area contributed by atoms with E-state index < -0.39 is 5.97 Å². The van der Waals surface area contributed by atoms with Crippen molar-refractivity contribution >= 4 is 16.9 Å². The first kappa shape index (κ1) is 13.6. The van der Waals surface area contributed by atoms with Crippen LogP contribution >= 0.6 is 0 Å². The summed E-state index contributed by atoms with van der Waals surface area (Å²) in [4.78, 5) is 13.7. The van der Waals surface area contributed by atoms with Crippen molar-refractivity contribution in [3.05, 3.63) is 35.5 Å². The largest absolute Gasteiger partial charge is 0.478 e. The summed E-state index contributed by atoms with van der Waals surface area (Å²) in [5, 5.41) is 13.0. The summed E-state index contributed by atoms with van der Waals surface area (Å²) in [6, 6.07) is 5.68. The van der Waals surface area contributed by atoms with Gasteiger partial charge in [-0.25, -0.2) is 4.79 Å². The molecule has 0 radical (unpaired) electrons. The maximum absolute atomic E-state index is 10.8. The van der Waals surface area contributed by atoms with Crippen molar-refractivity contribution in [2.24, 2.45) is 0 Å². The van der Waals surface area contributed by atoms with Crippen LogP contribution in [-0.2, 0) is 0 Å². The number of aromatic amines is 1. The number of hydrogen-bond donors (Lipinski definition) is 3. The van der Waals surface area contributed by atoms with E-state index in [1.807, 2.05) is 25.1 Å². The molecular formula is C15H20N2O2. The van der Waals surface area contributed by atoms with E-state index in [0.29, 0.717) is 5.56 Å². The van der Waals surface area contributed by atoms with E-state index in [0.717, 1.165) is 16.5 Å². The fourth-order valence-electron chi connectivity index (χ4n) is 2.34. The highest BCUT2D eigenvalue weighted by molar-refractivity contribution is 6.04. The molecule has 102 valence electrons. The van der Waals surface area contributed by atoms with Crippen LogP contribution in [0.3, 0.4) is 0 Å². The van der Waals surface area contributed by atoms with E-state index in [4.69, 9.17) is 5.11 Å². The van der Waals surface area contributed by atoms with Gasteiger partial charge in [-0.1, -0.05) is 18.6 Å². The molecule has 1 aliphatic heterocycles. The van der Waals surface area contributed by atoms with Gasteiger partial charge in [-0.15, -0.1) is 0 Å². The van der Waals surface area contributed by atoms with Gasteiger partial charge in [0.25, 0.3) is 0 Å². The number of nitrogens with one attached hydrogen (secondary N) is 2. The molecule has 2 aromatic rings. The summed E-state index contributed by atoms with van der Waals surface area (Å²) in [5.74, 6) is -0.888. The molecule has 0 unspecified atom stereocenters. The molecule has 1 fully saturated rings. The van der Waals surface area contributed by atoms with Crippen LogP contribution in [0.15, 0.2) is 24.4 Å². The lowest BCUT2D eigenvalue weighted by Gasteiger charge is -2.08. The molecule has 2 heterocycles. The summed E-state index contributed by atoms with van der Waals surface area (Å²) < 4.78 is 0. The van der Waals surface area contributed by atoms with Crippen molar-refractivity contribution < 1.29 is 9.90 Å². The van der Waals surface area contributed by atoms with Gasteiger partial charge in [0.05, 0.1) is 5.56 Å². The van der Waals surface area contributed by atoms with Gasteiger partial charge < -0.3 is 15.4 Å². The van der Waals surface area contributed by atoms with Gasteiger partial charge in [0.1, 0.15) is 0 Å². The van der Waals surface area contributed by atoms with Crippen LogP contribution in [0, 0.1) is 6.92 Å². The number of rotatable bonds is 1. The predicted molar refractivity (Wildman–Crippen MR) is 76.7 cm³/mol. The van der Waals surface area contributed by atoms with E-state index in [1.54, 1.807) is 0 Å². The average molecular weight is 260 g/mol. The van der Waals surface area contributed by atoms with Crippen LogP contribution in [0.1, 0.15) is 35.2 Å².